The van der Waals surface area contributed by atoms with Crippen LogP contribution in [0.3, 0.4) is 0 Å². The van der Waals surface area contributed by atoms with Gasteiger partial charge in [0.1, 0.15) is 12.1 Å². The quantitative estimate of drug-likeness (QED) is 0.212. The van der Waals surface area contributed by atoms with Crippen LogP contribution in [0.5, 0.6) is 0 Å². The van der Waals surface area contributed by atoms with Crippen LogP contribution in [0.15, 0.2) is 72.8 Å². The lowest BCUT2D eigenvalue weighted by molar-refractivity contribution is -0.146. The SMILES string of the molecule is CCC(N)(CC)C/C=C/C(=O)N(C)C(Cc1ccc2ccccc2c1)C(=O)N(C)C(Cc1ccc(F)c(F)c1)C(=O)NCC(C)O. The van der Waals surface area contributed by atoms with E-state index >= 15 is 0 Å². The molecule has 0 aliphatic rings. The Bertz CT molecular complexity index is 1540. The molecule has 0 heterocycles. The van der Waals surface area contributed by atoms with Gasteiger partial charge in [0.15, 0.2) is 11.6 Å². The van der Waals surface area contributed by atoms with Crippen molar-refractivity contribution >= 4 is 28.5 Å². The first-order valence-electron chi connectivity index (χ1n) is 15.6. The van der Waals surface area contributed by atoms with Crippen molar-refractivity contribution < 1.29 is 28.3 Å². The Morgan fingerprint density at radius 2 is 1.50 bits per heavy atom. The Kier molecular flexibility index (Phi) is 13.0. The molecule has 0 spiro atoms. The summed E-state index contributed by atoms with van der Waals surface area (Å²) in [6.45, 7) is 5.42. The number of rotatable bonds is 15. The van der Waals surface area contributed by atoms with Crippen molar-refractivity contribution in [1.82, 2.24) is 15.1 Å². The van der Waals surface area contributed by atoms with Crippen LogP contribution in [-0.4, -0.2) is 77.0 Å². The fraction of sp³-hybridized carbons (Fsp3) is 0.417. The number of aliphatic hydroxyl groups excluding tert-OH is 1. The maximum Gasteiger partial charge on any atom is 0.246 e. The highest BCUT2D eigenvalue weighted by atomic mass is 19.2. The Morgan fingerprint density at radius 3 is 2.13 bits per heavy atom. The molecule has 3 rings (SSSR count). The van der Waals surface area contributed by atoms with Crippen LogP contribution in [0.4, 0.5) is 8.78 Å². The molecule has 0 saturated heterocycles. The fourth-order valence-corrected chi connectivity index (χ4v) is 5.23. The number of amides is 3. The summed E-state index contributed by atoms with van der Waals surface area (Å²) in [4.78, 5) is 43.7. The van der Waals surface area contributed by atoms with Crippen molar-refractivity contribution in [2.45, 2.75) is 76.6 Å². The predicted molar refractivity (Wildman–Crippen MR) is 177 cm³/mol. The summed E-state index contributed by atoms with van der Waals surface area (Å²) in [7, 11) is 2.99. The maximum atomic E-state index is 14.3. The molecule has 3 amide bonds. The number of benzene rings is 3. The minimum atomic E-state index is -1.15. The van der Waals surface area contributed by atoms with E-state index in [2.05, 4.69) is 5.32 Å². The van der Waals surface area contributed by atoms with Gasteiger partial charge in [-0.15, -0.1) is 0 Å². The molecule has 0 aliphatic carbocycles. The first-order valence-corrected chi connectivity index (χ1v) is 15.6. The molecule has 3 aromatic carbocycles. The molecule has 10 heteroatoms. The molecule has 4 N–H and O–H groups in total. The number of likely N-dealkylation sites (N-methyl/N-ethyl adjacent to an activating group) is 2. The number of hydrogen-bond acceptors (Lipinski definition) is 5. The smallest absolute Gasteiger partial charge is 0.246 e. The third kappa shape index (κ3) is 9.67. The van der Waals surface area contributed by atoms with E-state index in [-0.39, 0.29) is 19.4 Å². The average Bonchev–Trinajstić information content (AvgIpc) is 3.05. The second-order valence-corrected chi connectivity index (χ2v) is 12.0. The lowest BCUT2D eigenvalue weighted by Crippen LogP contribution is -2.56. The molecular formula is C36H46F2N4O4. The normalized spacial score (nSPS) is 13.8. The highest BCUT2D eigenvalue weighted by molar-refractivity contribution is 5.95. The van der Waals surface area contributed by atoms with Gasteiger partial charge in [0.2, 0.25) is 17.7 Å². The van der Waals surface area contributed by atoms with Gasteiger partial charge in [-0.1, -0.05) is 68.5 Å². The number of hydrogen-bond donors (Lipinski definition) is 3. The number of aliphatic hydroxyl groups is 1. The van der Waals surface area contributed by atoms with Crippen molar-refractivity contribution in [2.24, 2.45) is 5.73 Å². The van der Waals surface area contributed by atoms with E-state index in [4.69, 9.17) is 5.73 Å². The zero-order valence-electron chi connectivity index (χ0n) is 27.3. The Morgan fingerprint density at radius 1 is 0.891 bits per heavy atom. The van der Waals surface area contributed by atoms with Gasteiger partial charge in [-0.2, -0.15) is 0 Å². The summed E-state index contributed by atoms with van der Waals surface area (Å²) in [6, 6.07) is 14.7. The third-order valence-corrected chi connectivity index (χ3v) is 8.64. The van der Waals surface area contributed by atoms with Gasteiger partial charge in [-0.05, 0) is 66.3 Å². The Labute approximate surface area is 270 Å². The summed E-state index contributed by atoms with van der Waals surface area (Å²) >= 11 is 0. The lowest BCUT2D eigenvalue weighted by Gasteiger charge is -2.34. The zero-order chi connectivity index (χ0) is 34.0. The maximum absolute atomic E-state index is 14.3. The van der Waals surface area contributed by atoms with E-state index in [9.17, 15) is 28.3 Å². The Hall–Kier alpha value is -4.15. The largest absolute Gasteiger partial charge is 0.392 e. The van der Waals surface area contributed by atoms with E-state index in [0.717, 1.165) is 41.3 Å². The summed E-state index contributed by atoms with van der Waals surface area (Å²) in [5.74, 6) is -3.62. The molecule has 0 bridgehead atoms. The topological polar surface area (TPSA) is 116 Å². The van der Waals surface area contributed by atoms with E-state index in [1.54, 1.807) is 6.08 Å². The van der Waals surface area contributed by atoms with Gasteiger partial charge >= 0.3 is 0 Å². The number of nitrogens with zero attached hydrogens (tertiary/aromatic N) is 2. The van der Waals surface area contributed by atoms with Gasteiger partial charge < -0.3 is 26.0 Å². The van der Waals surface area contributed by atoms with E-state index in [0.29, 0.717) is 12.0 Å². The van der Waals surface area contributed by atoms with Crippen LogP contribution in [0.2, 0.25) is 0 Å². The molecule has 3 unspecified atom stereocenters. The minimum absolute atomic E-state index is 0.0724. The van der Waals surface area contributed by atoms with Crippen LogP contribution in [0.25, 0.3) is 10.8 Å². The van der Waals surface area contributed by atoms with Crippen molar-refractivity contribution in [3.05, 3.63) is 95.6 Å². The summed E-state index contributed by atoms with van der Waals surface area (Å²) in [6.07, 6.45) is 4.29. The molecular weight excluding hydrogens is 590 g/mol. The molecule has 46 heavy (non-hydrogen) atoms. The van der Waals surface area contributed by atoms with Crippen molar-refractivity contribution in [3.63, 3.8) is 0 Å². The highest BCUT2D eigenvalue weighted by Crippen LogP contribution is 2.21. The first kappa shape index (κ1) is 36.3. The number of carbonyl (C=O) groups excluding carboxylic acids is 3. The van der Waals surface area contributed by atoms with Gasteiger partial charge in [-0.3, -0.25) is 14.4 Å². The van der Waals surface area contributed by atoms with E-state index in [1.807, 2.05) is 56.3 Å². The molecule has 0 radical (unpaired) electrons. The third-order valence-electron chi connectivity index (χ3n) is 8.64. The summed E-state index contributed by atoms with van der Waals surface area (Å²) in [5, 5.41) is 14.4. The number of nitrogens with two attached hydrogens (primary N) is 1. The molecule has 0 fully saturated rings. The number of halogens is 2. The van der Waals surface area contributed by atoms with Gasteiger partial charge in [0, 0.05) is 39.0 Å². The first-order chi connectivity index (χ1) is 21.8. The molecule has 3 aromatic rings. The standard InChI is InChI=1S/C36H46F2N4O4/c1-6-36(39,7-2)18-10-13-33(44)41(4)32(22-25-14-16-27-11-8-9-12-28(27)19-25)35(46)42(5)31(34(45)40-23-24(3)43)21-26-15-17-29(37)30(38)20-26/h8-17,19-20,24,31-32,43H,6-7,18,21-23,39H2,1-5H3,(H,40,45)/b13-10+. The predicted octanol–water partition coefficient (Wildman–Crippen LogP) is 4.52. The summed E-state index contributed by atoms with van der Waals surface area (Å²) < 4.78 is 27.8. The van der Waals surface area contributed by atoms with Gasteiger partial charge in [0.05, 0.1) is 6.10 Å². The van der Waals surface area contributed by atoms with E-state index < -0.39 is 53.1 Å². The molecule has 248 valence electrons. The van der Waals surface area contributed by atoms with Gasteiger partial charge in [0.25, 0.3) is 0 Å². The van der Waals surface area contributed by atoms with Crippen LogP contribution in [-0.2, 0) is 27.2 Å². The van der Waals surface area contributed by atoms with Crippen LogP contribution in [0, 0.1) is 11.6 Å². The van der Waals surface area contributed by atoms with Crippen molar-refractivity contribution in [2.75, 3.05) is 20.6 Å². The number of carbonyl (C=O) groups is 3. The average molecular weight is 637 g/mol. The van der Waals surface area contributed by atoms with Crippen molar-refractivity contribution in [1.29, 1.82) is 0 Å². The lowest BCUT2D eigenvalue weighted by atomic mass is 9.90. The second-order valence-electron chi connectivity index (χ2n) is 12.0. The van der Waals surface area contributed by atoms with Crippen LogP contribution < -0.4 is 11.1 Å². The fourth-order valence-electron chi connectivity index (χ4n) is 5.23. The monoisotopic (exact) mass is 636 g/mol. The highest BCUT2D eigenvalue weighted by Gasteiger charge is 2.35. The second kappa shape index (κ2) is 16.4. The summed E-state index contributed by atoms with van der Waals surface area (Å²) in [5.41, 5.74) is 7.07. The Balaban J connectivity index is 1.98. The number of nitrogens with one attached hydrogen (secondary N) is 1. The van der Waals surface area contributed by atoms with Crippen molar-refractivity contribution in [3.8, 4) is 0 Å². The molecule has 3 atom stereocenters. The molecule has 8 nitrogen and oxygen atoms in total. The molecule has 0 aromatic heterocycles. The number of fused-ring (bicyclic) bond motifs is 1. The van der Waals surface area contributed by atoms with Crippen LogP contribution >= 0.6 is 0 Å². The molecule has 0 aliphatic heterocycles. The molecule has 0 saturated carbocycles. The van der Waals surface area contributed by atoms with E-state index in [1.165, 1.54) is 43.0 Å². The van der Waals surface area contributed by atoms with Crippen LogP contribution in [0.1, 0.15) is 51.2 Å². The minimum Gasteiger partial charge on any atom is -0.392 e. The van der Waals surface area contributed by atoms with Gasteiger partial charge in [-0.25, -0.2) is 8.78 Å². The zero-order valence-corrected chi connectivity index (χ0v) is 27.3.